The molecule has 2 aliphatic heterocycles. The van der Waals surface area contributed by atoms with Crippen LogP contribution < -0.4 is 14.9 Å². The fourth-order valence-corrected chi connectivity index (χ4v) is 6.30. The Kier molecular flexibility index (Phi) is 7.65. The summed E-state index contributed by atoms with van der Waals surface area (Å²) in [5.41, 5.74) is 1.62. The highest BCUT2D eigenvalue weighted by atomic mass is 31.0. The van der Waals surface area contributed by atoms with Crippen LogP contribution in [0.2, 0.25) is 0 Å². The van der Waals surface area contributed by atoms with Gasteiger partial charge in [-0.25, -0.2) is 0 Å². The molecule has 0 bridgehead atoms. The molecule has 4 unspecified atom stereocenters. The van der Waals surface area contributed by atoms with Crippen molar-refractivity contribution in [2.45, 2.75) is 57.5 Å². The van der Waals surface area contributed by atoms with Crippen LogP contribution in [0.5, 0.6) is 5.75 Å². The van der Waals surface area contributed by atoms with Crippen LogP contribution in [-0.4, -0.2) is 59.4 Å². The lowest BCUT2D eigenvalue weighted by atomic mass is 9.90. The smallest absolute Gasteiger partial charge is 0.324 e. The highest BCUT2D eigenvalue weighted by Crippen LogP contribution is 2.50. The number of hydrogen-bond donors (Lipinski definition) is 0. The minimum absolute atomic E-state index is 0.212. The van der Waals surface area contributed by atoms with E-state index in [1.807, 2.05) is 23.1 Å². The highest BCUT2D eigenvalue weighted by Gasteiger charge is 2.43. The van der Waals surface area contributed by atoms with Gasteiger partial charge in [0.2, 0.25) is 5.91 Å². The van der Waals surface area contributed by atoms with Crippen molar-refractivity contribution in [3.63, 3.8) is 0 Å². The summed E-state index contributed by atoms with van der Waals surface area (Å²) >= 11 is 0. The monoisotopic (exact) mass is 516 g/mol. The van der Waals surface area contributed by atoms with E-state index in [1.54, 1.807) is 0 Å². The molecule has 2 saturated heterocycles. The molecular formula is C26H38N4O3P2. The van der Waals surface area contributed by atoms with Crippen molar-refractivity contribution in [3.8, 4) is 5.75 Å². The maximum atomic E-state index is 12.4. The minimum atomic E-state index is 0.212. The number of amides is 1. The molecule has 7 nitrogen and oxygen atoms in total. The SMILES string of the molecule is CC(C)c1noc(N2CCC(C3CC3CCOc3ccc(CC(=O)N4CC(P)C4)c(P)c3)CC2)n1. The second-order valence-electron chi connectivity index (χ2n) is 10.8. The Hall–Kier alpha value is -1.71. The van der Waals surface area contributed by atoms with Crippen molar-refractivity contribution in [1.82, 2.24) is 15.0 Å². The lowest BCUT2D eigenvalue weighted by Crippen LogP contribution is -2.51. The molecule has 35 heavy (non-hydrogen) atoms. The van der Waals surface area contributed by atoms with Gasteiger partial charge in [-0.2, -0.15) is 4.98 Å². The van der Waals surface area contributed by atoms with Crippen LogP contribution in [0, 0.1) is 17.8 Å². The molecular weight excluding hydrogens is 478 g/mol. The summed E-state index contributed by atoms with van der Waals surface area (Å²) < 4.78 is 11.6. The number of rotatable bonds is 9. The Morgan fingerprint density at radius 1 is 1.26 bits per heavy atom. The molecule has 3 fully saturated rings. The third-order valence-electron chi connectivity index (χ3n) is 7.82. The predicted octanol–water partition coefficient (Wildman–Crippen LogP) is 3.64. The zero-order valence-corrected chi connectivity index (χ0v) is 23.2. The summed E-state index contributed by atoms with van der Waals surface area (Å²) in [5.74, 6) is 4.61. The van der Waals surface area contributed by atoms with Gasteiger partial charge in [-0.05, 0) is 66.4 Å². The number of anilines is 1. The van der Waals surface area contributed by atoms with Crippen molar-refractivity contribution in [1.29, 1.82) is 0 Å². The highest BCUT2D eigenvalue weighted by molar-refractivity contribution is 7.27. The van der Waals surface area contributed by atoms with Gasteiger partial charge in [0.15, 0.2) is 5.82 Å². The maximum absolute atomic E-state index is 12.4. The van der Waals surface area contributed by atoms with Crippen LogP contribution in [0.4, 0.5) is 6.01 Å². The summed E-state index contributed by atoms with van der Waals surface area (Å²) in [7, 11) is 5.55. The minimum Gasteiger partial charge on any atom is -0.494 e. The van der Waals surface area contributed by atoms with E-state index < -0.39 is 0 Å². The predicted molar refractivity (Wildman–Crippen MR) is 145 cm³/mol. The normalized spacial score (nSPS) is 23.0. The molecule has 1 aromatic carbocycles. The van der Waals surface area contributed by atoms with Crippen LogP contribution >= 0.6 is 18.5 Å². The molecule has 1 aliphatic carbocycles. The van der Waals surface area contributed by atoms with Crippen LogP contribution in [-0.2, 0) is 11.2 Å². The van der Waals surface area contributed by atoms with Gasteiger partial charge in [0.1, 0.15) is 5.75 Å². The van der Waals surface area contributed by atoms with Gasteiger partial charge in [0.05, 0.1) is 13.0 Å². The number of ether oxygens (including phenoxy) is 1. The molecule has 1 amide bonds. The van der Waals surface area contributed by atoms with E-state index in [9.17, 15) is 4.79 Å². The number of carbonyl (C=O) groups excluding carboxylic acids is 1. The van der Waals surface area contributed by atoms with Crippen molar-refractivity contribution in [3.05, 3.63) is 29.6 Å². The van der Waals surface area contributed by atoms with Crippen molar-refractivity contribution < 1.29 is 14.1 Å². The molecule has 3 aliphatic rings. The lowest BCUT2D eigenvalue weighted by molar-refractivity contribution is -0.133. The maximum Gasteiger partial charge on any atom is 0.324 e. The first-order valence-electron chi connectivity index (χ1n) is 13.0. The molecule has 3 heterocycles. The molecule has 190 valence electrons. The first-order valence-corrected chi connectivity index (χ1v) is 14.2. The van der Waals surface area contributed by atoms with E-state index in [0.717, 1.165) is 79.4 Å². The molecule has 5 rings (SSSR count). The van der Waals surface area contributed by atoms with Crippen molar-refractivity contribution in [2.75, 3.05) is 37.7 Å². The summed E-state index contributed by atoms with van der Waals surface area (Å²) in [5, 5.41) is 5.16. The number of likely N-dealkylation sites (tertiary alicyclic amines) is 1. The number of piperidine rings is 1. The summed E-state index contributed by atoms with van der Waals surface area (Å²) in [6.07, 6.45) is 5.31. The Balaban J connectivity index is 1.01. The number of aromatic nitrogens is 2. The Bertz CT molecular complexity index is 1030. The number of nitrogens with zero attached hydrogens (tertiary/aromatic N) is 4. The Morgan fingerprint density at radius 3 is 2.69 bits per heavy atom. The first-order chi connectivity index (χ1) is 16.9. The summed E-state index contributed by atoms with van der Waals surface area (Å²) in [6, 6.07) is 6.78. The lowest BCUT2D eigenvalue weighted by Gasteiger charge is -2.37. The number of carbonyl (C=O) groups is 1. The fourth-order valence-electron chi connectivity index (χ4n) is 5.43. The fraction of sp³-hybridized carbons (Fsp3) is 0.654. The molecule has 9 heteroatoms. The molecule has 1 aromatic heterocycles. The van der Waals surface area contributed by atoms with Gasteiger partial charge in [-0.3, -0.25) is 4.79 Å². The molecule has 0 radical (unpaired) electrons. The standard InChI is InChI=1S/C26H38N4O3P2/c1-16(2)25-27-26(33-28-25)29-8-5-17(6-9-29)22-11-18(22)7-10-32-20-4-3-19(23(35)13-20)12-24(31)30-14-21(34)15-30/h3-4,13,16-18,21-22H,5-12,14-15,34-35H2,1-2H3. The van der Waals surface area contributed by atoms with Crippen molar-refractivity contribution >= 4 is 35.7 Å². The Morgan fingerprint density at radius 2 is 2.03 bits per heavy atom. The van der Waals surface area contributed by atoms with Gasteiger partial charge in [0.25, 0.3) is 0 Å². The van der Waals surface area contributed by atoms with E-state index in [0.29, 0.717) is 24.0 Å². The third-order valence-corrected chi connectivity index (χ3v) is 8.78. The zero-order valence-electron chi connectivity index (χ0n) is 20.9. The van der Waals surface area contributed by atoms with E-state index >= 15 is 0 Å². The molecule has 1 saturated carbocycles. The van der Waals surface area contributed by atoms with Crippen LogP contribution in [0.3, 0.4) is 0 Å². The van der Waals surface area contributed by atoms with Crippen LogP contribution in [0.1, 0.15) is 56.8 Å². The molecule has 2 aromatic rings. The average Bonchev–Trinajstić information content (AvgIpc) is 3.41. The van der Waals surface area contributed by atoms with E-state index in [1.165, 1.54) is 19.3 Å². The van der Waals surface area contributed by atoms with Gasteiger partial charge in [-0.15, -0.1) is 18.5 Å². The topological polar surface area (TPSA) is 71.7 Å². The van der Waals surface area contributed by atoms with Gasteiger partial charge in [0, 0.05) is 37.8 Å². The molecule has 0 spiro atoms. The van der Waals surface area contributed by atoms with Crippen LogP contribution in [0.25, 0.3) is 0 Å². The van der Waals surface area contributed by atoms with E-state index in [-0.39, 0.29) is 5.91 Å². The third kappa shape index (κ3) is 6.00. The van der Waals surface area contributed by atoms with Crippen molar-refractivity contribution in [2.24, 2.45) is 17.8 Å². The van der Waals surface area contributed by atoms with Gasteiger partial charge < -0.3 is 19.1 Å². The van der Waals surface area contributed by atoms with Gasteiger partial charge >= 0.3 is 6.01 Å². The second kappa shape index (κ2) is 10.7. The summed E-state index contributed by atoms with van der Waals surface area (Å²) in [4.78, 5) is 21.1. The average molecular weight is 517 g/mol. The molecule has 4 atom stereocenters. The zero-order chi connectivity index (χ0) is 24.5. The van der Waals surface area contributed by atoms with E-state index in [4.69, 9.17) is 9.26 Å². The quantitative estimate of drug-likeness (QED) is 0.474. The molecule has 0 N–H and O–H groups in total. The second-order valence-corrected chi connectivity index (χ2v) is 12.4. The first kappa shape index (κ1) is 25.0. The van der Waals surface area contributed by atoms with Crippen LogP contribution in [0.15, 0.2) is 22.7 Å². The summed E-state index contributed by atoms with van der Waals surface area (Å²) in [6.45, 7) is 8.66. The van der Waals surface area contributed by atoms with E-state index in [2.05, 4.69) is 47.4 Å². The van der Waals surface area contributed by atoms with Gasteiger partial charge in [-0.1, -0.05) is 25.1 Å². The Labute approximate surface area is 213 Å². The number of hydrogen-bond acceptors (Lipinski definition) is 6. The largest absolute Gasteiger partial charge is 0.494 e. The number of benzene rings is 1.